The average Bonchev–Trinajstić information content (AvgIpc) is 2.37. The van der Waals surface area contributed by atoms with Crippen LogP contribution in [0.5, 0.6) is 0 Å². The summed E-state index contributed by atoms with van der Waals surface area (Å²) in [7, 11) is 0. The lowest BCUT2D eigenvalue weighted by atomic mass is 10.1. The molecule has 1 aromatic rings. The molecular weight excluding hydrogens is 192 g/mol. The molecule has 0 saturated carbocycles. The molecule has 1 rings (SSSR count). The van der Waals surface area contributed by atoms with Crippen LogP contribution in [0.4, 0.5) is 0 Å². The number of allylic oxidation sites excluding steroid dienone is 1. The monoisotopic (exact) mass is 222 g/mol. The first-order valence-electron chi connectivity index (χ1n) is 6.46. The third-order valence-corrected chi connectivity index (χ3v) is 1.38. The fraction of sp³-hybridized carbons (Fsp3) is 0.500. The minimum Gasteiger partial charge on any atom is -0.103 e. The second-order valence-electron chi connectivity index (χ2n) is 2.64. The van der Waals surface area contributed by atoms with E-state index in [1.165, 1.54) is 18.4 Å². The quantitative estimate of drug-likeness (QED) is 0.548. The highest BCUT2D eigenvalue weighted by atomic mass is 13.9. The van der Waals surface area contributed by atoms with E-state index < -0.39 is 0 Å². The van der Waals surface area contributed by atoms with Gasteiger partial charge in [0.05, 0.1) is 0 Å². The molecule has 0 radical (unpaired) electrons. The molecule has 0 aliphatic rings. The van der Waals surface area contributed by atoms with Gasteiger partial charge in [0.15, 0.2) is 0 Å². The van der Waals surface area contributed by atoms with Gasteiger partial charge in [0, 0.05) is 0 Å². The van der Waals surface area contributed by atoms with E-state index in [1.54, 1.807) is 6.08 Å². The third kappa shape index (κ3) is 18.7. The summed E-state index contributed by atoms with van der Waals surface area (Å²) in [5.74, 6) is 0. The van der Waals surface area contributed by atoms with Gasteiger partial charge in [-0.05, 0) is 18.9 Å². The van der Waals surface area contributed by atoms with E-state index in [-0.39, 0.29) is 0 Å². The normalized spacial score (nSPS) is 6.88. The van der Waals surface area contributed by atoms with Crippen LogP contribution in [0.2, 0.25) is 0 Å². The largest absolute Gasteiger partial charge is 0.103 e. The van der Waals surface area contributed by atoms with Crippen molar-refractivity contribution in [2.24, 2.45) is 0 Å². The molecule has 1 aromatic carbocycles. The number of hydrogen-bond acceptors (Lipinski definition) is 0. The minimum absolute atomic E-state index is 1.21. The van der Waals surface area contributed by atoms with Crippen molar-refractivity contribution in [2.45, 2.75) is 54.4 Å². The van der Waals surface area contributed by atoms with Crippen LogP contribution in [0.3, 0.4) is 0 Å². The van der Waals surface area contributed by atoms with Crippen molar-refractivity contribution in [3.63, 3.8) is 0 Å². The molecule has 0 spiro atoms. The Kier molecular flexibility index (Phi) is 30.1. The number of benzene rings is 1. The van der Waals surface area contributed by atoms with E-state index in [0.29, 0.717) is 0 Å². The molecule has 0 heterocycles. The van der Waals surface area contributed by atoms with Gasteiger partial charge >= 0.3 is 0 Å². The van der Waals surface area contributed by atoms with Gasteiger partial charge in [0.25, 0.3) is 0 Å². The van der Waals surface area contributed by atoms with E-state index in [1.807, 2.05) is 34.6 Å². The summed E-state index contributed by atoms with van der Waals surface area (Å²) in [5.41, 5.74) is 1.44. The molecule has 0 aromatic heterocycles. The number of aryl methyl sites for hydroxylation is 1. The van der Waals surface area contributed by atoms with Crippen molar-refractivity contribution >= 4 is 0 Å². The average molecular weight is 222 g/mol. The maximum atomic E-state index is 3.36. The Morgan fingerprint density at radius 3 is 1.69 bits per heavy atom. The van der Waals surface area contributed by atoms with Crippen LogP contribution in [0.25, 0.3) is 0 Å². The van der Waals surface area contributed by atoms with E-state index in [4.69, 9.17) is 0 Å². The molecule has 0 nitrogen and oxygen atoms in total. The van der Waals surface area contributed by atoms with Crippen molar-refractivity contribution in [1.29, 1.82) is 0 Å². The van der Waals surface area contributed by atoms with Crippen LogP contribution in [0.15, 0.2) is 43.0 Å². The molecule has 0 N–H and O–H groups in total. The lowest BCUT2D eigenvalue weighted by molar-refractivity contribution is 0.922. The summed E-state index contributed by atoms with van der Waals surface area (Å²) in [6, 6.07) is 10.6. The SMILES string of the molecule is C=CC.CC.CC.CCCc1ccccc1. The second kappa shape index (κ2) is 23.6. The first-order chi connectivity index (χ1) is 7.85. The first kappa shape index (κ1) is 20.4. The molecule has 0 atom stereocenters. The highest BCUT2D eigenvalue weighted by Gasteiger charge is 1.84. The Bertz CT molecular complexity index is 186. The van der Waals surface area contributed by atoms with Gasteiger partial charge in [-0.3, -0.25) is 0 Å². The van der Waals surface area contributed by atoms with Gasteiger partial charge in [-0.25, -0.2) is 0 Å². The van der Waals surface area contributed by atoms with Crippen LogP contribution >= 0.6 is 0 Å². The maximum Gasteiger partial charge on any atom is -0.0281 e. The van der Waals surface area contributed by atoms with Crippen molar-refractivity contribution in [2.75, 3.05) is 0 Å². The second-order valence-corrected chi connectivity index (χ2v) is 2.64. The van der Waals surface area contributed by atoms with Crippen LogP contribution < -0.4 is 0 Å². The third-order valence-electron chi connectivity index (χ3n) is 1.38. The lowest BCUT2D eigenvalue weighted by Gasteiger charge is -1.93. The first-order valence-corrected chi connectivity index (χ1v) is 6.46. The topological polar surface area (TPSA) is 0 Å². The summed E-state index contributed by atoms with van der Waals surface area (Å²) >= 11 is 0. The standard InChI is InChI=1S/C9H12.C3H6.2C2H6/c1-2-6-9-7-4-3-5-8-9;1-3-2;2*1-2/h3-5,7-8H,2,6H2,1H3;3H,1H2,2H3;2*1-2H3. The molecule has 16 heavy (non-hydrogen) atoms. The highest BCUT2D eigenvalue weighted by molar-refractivity contribution is 5.14. The Morgan fingerprint density at radius 2 is 1.38 bits per heavy atom. The lowest BCUT2D eigenvalue weighted by Crippen LogP contribution is -1.78. The molecule has 0 bridgehead atoms. The van der Waals surface area contributed by atoms with Crippen molar-refractivity contribution in [3.05, 3.63) is 48.6 Å². The van der Waals surface area contributed by atoms with Gasteiger partial charge in [0.2, 0.25) is 0 Å². The molecule has 0 heteroatoms. The maximum absolute atomic E-state index is 3.36. The van der Waals surface area contributed by atoms with Crippen LogP contribution in [-0.2, 0) is 6.42 Å². The van der Waals surface area contributed by atoms with Crippen molar-refractivity contribution < 1.29 is 0 Å². The fourth-order valence-electron chi connectivity index (χ4n) is 0.933. The molecule has 0 aliphatic heterocycles. The van der Waals surface area contributed by atoms with Crippen LogP contribution in [0, 0.1) is 0 Å². The summed E-state index contributed by atoms with van der Waals surface area (Å²) in [6.45, 7) is 15.5. The van der Waals surface area contributed by atoms with Crippen LogP contribution in [0.1, 0.15) is 53.5 Å². The highest BCUT2D eigenvalue weighted by Crippen LogP contribution is 2.00. The molecule has 94 valence electrons. The van der Waals surface area contributed by atoms with Crippen molar-refractivity contribution in [1.82, 2.24) is 0 Å². The molecule has 0 amide bonds. The Labute approximate surface area is 103 Å². The Hall–Kier alpha value is -1.04. The van der Waals surface area contributed by atoms with Gasteiger partial charge < -0.3 is 0 Å². The van der Waals surface area contributed by atoms with E-state index in [0.717, 1.165) is 0 Å². The number of hydrogen-bond donors (Lipinski definition) is 0. The molecular formula is C16H30. The predicted octanol–water partition coefficient (Wildman–Crippen LogP) is 5.88. The van der Waals surface area contributed by atoms with Gasteiger partial charge in [-0.2, -0.15) is 0 Å². The van der Waals surface area contributed by atoms with Gasteiger partial charge in [0.1, 0.15) is 0 Å². The van der Waals surface area contributed by atoms with Crippen LogP contribution in [-0.4, -0.2) is 0 Å². The Morgan fingerprint density at radius 1 is 1.00 bits per heavy atom. The van der Waals surface area contributed by atoms with E-state index in [2.05, 4.69) is 43.8 Å². The Balaban J connectivity index is -0.000000206. The zero-order valence-electron chi connectivity index (χ0n) is 12.1. The van der Waals surface area contributed by atoms with E-state index in [9.17, 15) is 0 Å². The summed E-state index contributed by atoms with van der Waals surface area (Å²) in [5, 5.41) is 0. The van der Waals surface area contributed by atoms with Gasteiger partial charge in [-0.1, -0.05) is 77.4 Å². The summed E-state index contributed by atoms with van der Waals surface area (Å²) < 4.78 is 0. The molecule has 0 unspecified atom stereocenters. The minimum atomic E-state index is 1.21. The number of rotatable bonds is 2. The zero-order chi connectivity index (χ0) is 13.2. The molecule has 0 fully saturated rings. The fourth-order valence-corrected chi connectivity index (χ4v) is 0.933. The summed E-state index contributed by atoms with van der Waals surface area (Å²) in [4.78, 5) is 0. The molecule has 0 saturated heterocycles. The predicted molar refractivity (Wildman–Crippen MR) is 79.0 cm³/mol. The smallest absolute Gasteiger partial charge is 0.0281 e. The van der Waals surface area contributed by atoms with E-state index >= 15 is 0 Å². The zero-order valence-corrected chi connectivity index (χ0v) is 12.1. The summed E-state index contributed by atoms with van der Waals surface area (Å²) in [6.07, 6.45) is 4.20. The van der Waals surface area contributed by atoms with Gasteiger partial charge in [-0.15, -0.1) is 6.58 Å². The van der Waals surface area contributed by atoms with Crippen molar-refractivity contribution in [3.8, 4) is 0 Å². The molecule has 0 aliphatic carbocycles.